The summed E-state index contributed by atoms with van der Waals surface area (Å²) in [4.78, 5) is 0. The minimum atomic E-state index is -1.96. The average molecular weight is 504 g/mol. The number of alkyl halides is 9. The molecule has 0 spiro atoms. The maximum atomic E-state index is 5.90. The maximum absolute atomic E-state index is 5.90. The summed E-state index contributed by atoms with van der Waals surface area (Å²) in [5, 5.41) is 0. The number of halogens is 9. The zero-order valence-corrected chi connectivity index (χ0v) is 17.3. The van der Waals surface area contributed by atoms with Crippen molar-refractivity contribution in [3.63, 3.8) is 0 Å². The van der Waals surface area contributed by atoms with Crippen LogP contribution in [0.4, 0.5) is 0 Å². The van der Waals surface area contributed by atoms with Crippen LogP contribution in [0.5, 0.6) is 0 Å². The van der Waals surface area contributed by atoms with Gasteiger partial charge in [-0.25, -0.2) is 0 Å². The number of rotatable bonds is 0. The van der Waals surface area contributed by atoms with Crippen molar-refractivity contribution < 1.29 is 13.6 Å². The molecule has 0 radical (unpaired) electrons. The highest BCUT2D eigenvalue weighted by molar-refractivity contribution is 7.64. The Kier molecular flexibility index (Phi) is 6.47. The maximum Gasteiger partial charge on any atom is 0.335 e. The van der Waals surface area contributed by atoms with Gasteiger partial charge in [-0.1, -0.05) is 104 Å². The van der Waals surface area contributed by atoms with E-state index in [-0.39, 0.29) is 0 Å². The highest BCUT2D eigenvalue weighted by Crippen LogP contribution is 2.79. The molecule has 3 saturated heterocycles. The Hall–Kier alpha value is 3.35. The zero-order valence-electron chi connectivity index (χ0n) is 8.75. The second kappa shape index (κ2) is 6.58. The summed E-state index contributed by atoms with van der Waals surface area (Å²) in [6, 6.07) is 0. The van der Waals surface area contributed by atoms with E-state index >= 15 is 0 Å². The third-order valence-electron chi connectivity index (χ3n) is 2.21. The molecule has 3 atom stereocenters. The van der Waals surface area contributed by atoms with E-state index in [2.05, 4.69) is 0 Å². The molecule has 118 valence electrons. The second-order valence-electron chi connectivity index (χ2n) is 3.67. The SMILES string of the molecule is ClC(Cl)(Cl)C1OP2OC(C(Cl)(Cl)Cl)P1C(C(Cl)(Cl)Cl)O2. The van der Waals surface area contributed by atoms with Crippen LogP contribution in [0, 0.1) is 0 Å². The lowest BCUT2D eigenvalue weighted by Crippen LogP contribution is -2.49. The molecule has 0 aromatic rings. The monoisotopic (exact) mass is 500 g/mol. The van der Waals surface area contributed by atoms with Gasteiger partial charge in [-0.2, -0.15) is 0 Å². The smallest absolute Gasteiger partial charge is 0.299 e. The Labute approximate surface area is 162 Å². The van der Waals surface area contributed by atoms with Crippen LogP contribution in [0.1, 0.15) is 0 Å². The van der Waals surface area contributed by atoms with E-state index in [0.717, 1.165) is 0 Å². The third-order valence-corrected chi connectivity index (χ3v) is 10.1. The fourth-order valence-corrected chi connectivity index (χ4v) is 10.4. The first-order valence-corrected chi connectivity index (χ1v) is 10.6. The van der Waals surface area contributed by atoms with Gasteiger partial charge in [0.25, 0.3) is 0 Å². The van der Waals surface area contributed by atoms with Crippen LogP contribution in [0.2, 0.25) is 0 Å². The normalized spacial score (nSPS) is 39.1. The molecule has 3 rings (SSSR count). The predicted octanol–water partition coefficient (Wildman–Crippen LogP) is 6.86. The van der Waals surface area contributed by atoms with Crippen LogP contribution < -0.4 is 0 Å². The zero-order chi connectivity index (χ0) is 15.5. The molecule has 20 heavy (non-hydrogen) atoms. The number of hydrogen-bond acceptors (Lipinski definition) is 3. The molecule has 0 aromatic heterocycles. The van der Waals surface area contributed by atoms with E-state index in [1.165, 1.54) is 0 Å². The van der Waals surface area contributed by atoms with Crippen LogP contribution in [0.3, 0.4) is 0 Å². The van der Waals surface area contributed by atoms with Crippen LogP contribution in [-0.2, 0) is 13.6 Å². The lowest BCUT2D eigenvalue weighted by atomic mass is 10.8. The largest absolute Gasteiger partial charge is 0.335 e. The van der Waals surface area contributed by atoms with Crippen molar-refractivity contribution in [1.29, 1.82) is 0 Å². The van der Waals surface area contributed by atoms with Gasteiger partial charge in [0.1, 0.15) is 17.5 Å². The molecule has 3 nitrogen and oxygen atoms in total. The summed E-state index contributed by atoms with van der Waals surface area (Å²) in [5.41, 5.74) is 0. The Bertz CT molecular complexity index is 322. The highest BCUT2D eigenvalue weighted by atomic mass is 35.6. The summed E-state index contributed by atoms with van der Waals surface area (Å²) in [7, 11) is -3.65. The standard InChI is InChI=1S/C6H3Cl9O3P2/c7-4(8,9)1-16-20-17-2(5(10,11)12)19(1)3(18-20)6(13,14)15/h1-3H. The Morgan fingerprint density at radius 2 is 0.800 bits per heavy atom. The van der Waals surface area contributed by atoms with E-state index in [0.29, 0.717) is 0 Å². The number of hydrogen-bond donors (Lipinski definition) is 0. The Balaban J connectivity index is 2.41. The summed E-state index contributed by atoms with van der Waals surface area (Å²) in [5.74, 6) is -2.84. The van der Waals surface area contributed by atoms with E-state index < -0.39 is 45.4 Å². The lowest BCUT2D eigenvalue weighted by Gasteiger charge is -2.53. The van der Waals surface area contributed by atoms with Crippen molar-refractivity contribution in [2.45, 2.75) is 28.9 Å². The average Bonchev–Trinajstić information content (AvgIpc) is 2.25. The van der Waals surface area contributed by atoms with Crippen LogP contribution >= 0.6 is 121 Å². The molecular weight excluding hydrogens is 501 g/mol. The molecule has 3 unspecified atom stereocenters. The minimum Gasteiger partial charge on any atom is -0.299 e. The molecule has 0 aromatic carbocycles. The molecule has 14 heteroatoms. The molecule has 0 N–H and O–H groups in total. The van der Waals surface area contributed by atoms with Gasteiger partial charge >= 0.3 is 8.60 Å². The first kappa shape index (κ1) is 19.7. The van der Waals surface area contributed by atoms with Crippen molar-refractivity contribution in [2.24, 2.45) is 0 Å². The van der Waals surface area contributed by atoms with Crippen LogP contribution in [0.15, 0.2) is 0 Å². The predicted molar refractivity (Wildman–Crippen MR) is 89.3 cm³/mol. The number of fused-ring (bicyclic) bond motifs is 3. The fraction of sp³-hybridized carbons (Fsp3) is 1.00. The summed E-state index contributed by atoms with van der Waals surface area (Å²) in [6.45, 7) is 0. The minimum absolute atomic E-state index is 0.947. The summed E-state index contributed by atoms with van der Waals surface area (Å²) in [6.07, 6.45) is 0. The Morgan fingerprint density at radius 3 is 1.00 bits per heavy atom. The van der Waals surface area contributed by atoms with Crippen LogP contribution in [0.25, 0.3) is 0 Å². The fourth-order valence-electron chi connectivity index (χ4n) is 1.54. The van der Waals surface area contributed by atoms with E-state index in [9.17, 15) is 0 Å². The second-order valence-corrected chi connectivity index (χ2v) is 14.2. The van der Waals surface area contributed by atoms with E-state index in [1.807, 2.05) is 0 Å². The highest BCUT2D eigenvalue weighted by Gasteiger charge is 2.65. The molecule has 3 aliphatic heterocycles. The quantitative estimate of drug-likeness (QED) is 0.267. The molecule has 2 bridgehead atoms. The topological polar surface area (TPSA) is 27.7 Å². The first-order chi connectivity index (χ1) is 8.82. The Morgan fingerprint density at radius 1 is 0.550 bits per heavy atom. The first-order valence-electron chi connectivity index (χ1n) is 4.60. The molecular formula is C6H3Cl9O3P2. The summed E-state index contributed by atoms with van der Waals surface area (Å²) >= 11 is 53.1. The van der Waals surface area contributed by atoms with Gasteiger partial charge in [-0.3, -0.25) is 13.6 Å². The van der Waals surface area contributed by atoms with Gasteiger partial charge in [-0.15, -0.1) is 0 Å². The lowest BCUT2D eigenvalue weighted by molar-refractivity contribution is 0.0764. The van der Waals surface area contributed by atoms with E-state index in [4.69, 9.17) is 118 Å². The molecule has 0 aliphatic carbocycles. The van der Waals surface area contributed by atoms with Crippen molar-refractivity contribution >= 4 is 121 Å². The summed E-state index contributed by atoms with van der Waals surface area (Å²) < 4.78 is 10.8. The molecule has 0 amide bonds. The van der Waals surface area contributed by atoms with Gasteiger partial charge in [0.2, 0.25) is 11.4 Å². The van der Waals surface area contributed by atoms with Crippen LogP contribution in [-0.4, -0.2) is 28.9 Å². The molecule has 3 heterocycles. The van der Waals surface area contributed by atoms with Crippen molar-refractivity contribution in [3.05, 3.63) is 0 Å². The van der Waals surface area contributed by atoms with E-state index in [1.54, 1.807) is 0 Å². The van der Waals surface area contributed by atoms with Gasteiger partial charge in [0.05, 0.1) is 0 Å². The van der Waals surface area contributed by atoms with Crippen molar-refractivity contribution in [2.75, 3.05) is 0 Å². The third kappa shape index (κ3) is 4.30. The molecule has 3 fully saturated rings. The van der Waals surface area contributed by atoms with Gasteiger partial charge in [0, 0.05) is 7.92 Å². The van der Waals surface area contributed by atoms with Crippen molar-refractivity contribution in [3.8, 4) is 0 Å². The molecule has 3 aliphatic rings. The van der Waals surface area contributed by atoms with Gasteiger partial charge < -0.3 is 0 Å². The molecule has 0 saturated carbocycles. The van der Waals surface area contributed by atoms with Crippen molar-refractivity contribution in [1.82, 2.24) is 0 Å². The van der Waals surface area contributed by atoms with Gasteiger partial charge in [-0.05, 0) is 0 Å². The van der Waals surface area contributed by atoms with Gasteiger partial charge in [0.15, 0.2) is 0 Å².